The maximum absolute atomic E-state index is 11.9. The molecule has 1 unspecified atom stereocenters. The number of para-hydroxylation sites is 1. The van der Waals surface area contributed by atoms with Gasteiger partial charge in [-0.3, -0.25) is 10.1 Å². The SMILES string of the molecule is COc1cc(CNC(Cc2c[nH]c3ccccc23)C(=O)O)c(Cl)cc1OCc1cccc(Cl)c1. The first-order valence-electron chi connectivity index (χ1n) is 10.7. The van der Waals surface area contributed by atoms with Crippen LogP contribution in [0.5, 0.6) is 11.5 Å². The third-order valence-electron chi connectivity index (χ3n) is 5.55. The summed E-state index contributed by atoms with van der Waals surface area (Å²) in [5.41, 5.74) is 3.53. The lowest BCUT2D eigenvalue weighted by Crippen LogP contribution is -2.38. The van der Waals surface area contributed by atoms with Crippen LogP contribution in [0, 0.1) is 0 Å². The molecule has 4 rings (SSSR count). The molecule has 0 saturated heterocycles. The number of rotatable bonds is 10. The highest BCUT2D eigenvalue weighted by atomic mass is 35.5. The van der Waals surface area contributed by atoms with Gasteiger partial charge in [0.2, 0.25) is 0 Å². The summed E-state index contributed by atoms with van der Waals surface area (Å²) in [4.78, 5) is 15.1. The molecule has 4 aromatic rings. The van der Waals surface area contributed by atoms with Crippen molar-refractivity contribution in [3.63, 3.8) is 0 Å². The second-order valence-electron chi connectivity index (χ2n) is 7.85. The van der Waals surface area contributed by atoms with E-state index in [1.807, 2.05) is 48.7 Å². The van der Waals surface area contributed by atoms with Crippen LogP contribution in [0.15, 0.2) is 66.9 Å². The molecule has 8 heteroatoms. The van der Waals surface area contributed by atoms with Crippen LogP contribution in [0.25, 0.3) is 10.9 Å². The van der Waals surface area contributed by atoms with E-state index in [4.69, 9.17) is 32.7 Å². The number of H-pyrrole nitrogens is 1. The Balaban J connectivity index is 1.46. The van der Waals surface area contributed by atoms with Gasteiger partial charge in [0.05, 0.1) is 7.11 Å². The van der Waals surface area contributed by atoms with Crippen LogP contribution >= 0.6 is 23.2 Å². The molecule has 3 aromatic carbocycles. The van der Waals surface area contributed by atoms with Gasteiger partial charge in [0, 0.05) is 46.2 Å². The van der Waals surface area contributed by atoms with Gasteiger partial charge >= 0.3 is 5.97 Å². The molecule has 176 valence electrons. The quantitative estimate of drug-likeness (QED) is 0.255. The van der Waals surface area contributed by atoms with Crippen molar-refractivity contribution in [2.75, 3.05) is 7.11 Å². The van der Waals surface area contributed by atoms with Crippen molar-refractivity contribution in [1.82, 2.24) is 10.3 Å². The molecule has 1 aromatic heterocycles. The Labute approximate surface area is 207 Å². The van der Waals surface area contributed by atoms with Gasteiger partial charge in [0.15, 0.2) is 11.5 Å². The molecule has 0 aliphatic carbocycles. The normalized spacial score (nSPS) is 12.0. The number of methoxy groups -OCH3 is 1. The molecule has 0 fully saturated rings. The Morgan fingerprint density at radius 2 is 1.88 bits per heavy atom. The van der Waals surface area contributed by atoms with E-state index < -0.39 is 12.0 Å². The number of nitrogens with one attached hydrogen (secondary N) is 2. The highest BCUT2D eigenvalue weighted by molar-refractivity contribution is 6.31. The molecule has 34 heavy (non-hydrogen) atoms. The van der Waals surface area contributed by atoms with Crippen molar-refractivity contribution >= 4 is 40.1 Å². The molecule has 0 aliphatic rings. The van der Waals surface area contributed by atoms with Crippen molar-refractivity contribution < 1.29 is 19.4 Å². The maximum atomic E-state index is 11.9. The molecule has 0 aliphatic heterocycles. The number of ether oxygens (including phenoxy) is 2. The number of benzene rings is 3. The lowest BCUT2D eigenvalue weighted by molar-refractivity contribution is -0.139. The summed E-state index contributed by atoms with van der Waals surface area (Å²) >= 11 is 12.5. The van der Waals surface area contributed by atoms with Crippen LogP contribution in [0.3, 0.4) is 0 Å². The minimum Gasteiger partial charge on any atom is -0.493 e. The number of hydrogen-bond donors (Lipinski definition) is 3. The number of fused-ring (bicyclic) bond motifs is 1. The molecular weight excluding hydrogens is 475 g/mol. The highest BCUT2D eigenvalue weighted by Crippen LogP contribution is 2.34. The van der Waals surface area contributed by atoms with E-state index in [1.165, 1.54) is 0 Å². The number of halogens is 2. The van der Waals surface area contributed by atoms with Gasteiger partial charge in [-0.25, -0.2) is 0 Å². The van der Waals surface area contributed by atoms with E-state index in [0.29, 0.717) is 40.1 Å². The predicted molar refractivity (Wildman–Crippen MR) is 134 cm³/mol. The molecule has 1 atom stereocenters. The highest BCUT2D eigenvalue weighted by Gasteiger charge is 2.20. The van der Waals surface area contributed by atoms with Gasteiger partial charge in [-0.05, 0) is 41.0 Å². The smallest absolute Gasteiger partial charge is 0.321 e. The molecule has 0 amide bonds. The average molecular weight is 499 g/mol. The van der Waals surface area contributed by atoms with Crippen molar-refractivity contribution in [1.29, 1.82) is 0 Å². The van der Waals surface area contributed by atoms with E-state index in [1.54, 1.807) is 25.3 Å². The van der Waals surface area contributed by atoms with Gasteiger partial charge < -0.3 is 19.6 Å². The average Bonchev–Trinajstić information content (AvgIpc) is 3.24. The van der Waals surface area contributed by atoms with E-state index in [2.05, 4.69) is 10.3 Å². The number of carboxylic acid groups (broad SMARTS) is 1. The van der Waals surface area contributed by atoms with Gasteiger partial charge in [0.25, 0.3) is 0 Å². The molecule has 0 radical (unpaired) electrons. The molecular formula is C26H24Cl2N2O4. The zero-order chi connectivity index (χ0) is 24.1. The lowest BCUT2D eigenvalue weighted by atomic mass is 10.0. The fourth-order valence-electron chi connectivity index (χ4n) is 3.77. The van der Waals surface area contributed by atoms with Crippen LogP contribution in [0.4, 0.5) is 0 Å². The first-order chi connectivity index (χ1) is 16.4. The molecule has 0 bridgehead atoms. The fraction of sp³-hybridized carbons (Fsp3) is 0.192. The second kappa shape index (κ2) is 10.8. The zero-order valence-corrected chi connectivity index (χ0v) is 20.0. The Bertz CT molecular complexity index is 1310. The largest absolute Gasteiger partial charge is 0.493 e. The second-order valence-corrected chi connectivity index (χ2v) is 8.69. The minimum absolute atomic E-state index is 0.253. The van der Waals surface area contributed by atoms with Crippen LogP contribution < -0.4 is 14.8 Å². The molecule has 0 saturated carbocycles. The molecule has 1 heterocycles. The van der Waals surface area contributed by atoms with Crippen molar-refractivity contribution in [2.24, 2.45) is 0 Å². The van der Waals surface area contributed by atoms with Crippen LogP contribution in [-0.2, 0) is 24.4 Å². The summed E-state index contributed by atoms with van der Waals surface area (Å²) in [5.74, 6) is 0.0615. The maximum Gasteiger partial charge on any atom is 0.321 e. The summed E-state index contributed by atoms with van der Waals surface area (Å²) in [6.07, 6.45) is 2.18. The predicted octanol–water partition coefficient (Wildman–Crippen LogP) is 5.85. The van der Waals surface area contributed by atoms with Gasteiger partial charge in [-0.1, -0.05) is 53.5 Å². The van der Waals surface area contributed by atoms with Gasteiger partial charge in [-0.15, -0.1) is 0 Å². The zero-order valence-electron chi connectivity index (χ0n) is 18.5. The monoisotopic (exact) mass is 498 g/mol. The minimum atomic E-state index is -0.935. The van der Waals surface area contributed by atoms with Crippen LogP contribution in [0.1, 0.15) is 16.7 Å². The van der Waals surface area contributed by atoms with Crippen LogP contribution in [-0.4, -0.2) is 29.2 Å². The summed E-state index contributed by atoms with van der Waals surface area (Å²) in [6, 6.07) is 17.9. The molecule has 3 N–H and O–H groups in total. The lowest BCUT2D eigenvalue weighted by Gasteiger charge is -2.17. The third kappa shape index (κ3) is 5.65. The number of aromatic nitrogens is 1. The number of carboxylic acids is 1. The van der Waals surface area contributed by atoms with E-state index in [-0.39, 0.29) is 6.54 Å². The van der Waals surface area contributed by atoms with Crippen molar-refractivity contribution in [3.8, 4) is 11.5 Å². The summed E-state index contributed by atoms with van der Waals surface area (Å²) < 4.78 is 11.4. The Morgan fingerprint density at radius 3 is 2.65 bits per heavy atom. The standard InChI is InChI=1S/C26H24Cl2N2O4/c1-33-24-11-18(21(28)12-25(24)34-15-16-5-4-6-19(27)9-16)14-30-23(26(31)32)10-17-13-29-22-8-3-2-7-20(17)22/h2-9,11-13,23,29-30H,10,14-15H2,1H3,(H,31,32). The Hall–Kier alpha value is -3.19. The third-order valence-corrected chi connectivity index (χ3v) is 6.14. The Morgan fingerprint density at radius 1 is 1.06 bits per heavy atom. The Kier molecular flexibility index (Phi) is 7.63. The van der Waals surface area contributed by atoms with Gasteiger partial charge in [0.1, 0.15) is 12.6 Å². The first-order valence-corrected chi connectivity index (χ1v) is 11.4. The first kappa shape index (κ1) is 24.0. The molecule has 0 spiro atoms. The van der Waals surface area contributed by atoms with Gasteiger partial charge in [-0.2, -0.15) is 0 Å². The van der Waals surface area contributed by atoms with E-state index in [9.17, 15) is 9.90 Å². The van der Waals surface area contributed by atoms with Crippen LogP contribution in [0.2, 0.25) is 10.0 Å². The summed E-state index contributed by atoms with van der Waals surface area (Å²) in [6.45, 7) is 0.555. The topological polar surface area (TPSA) is 83.6 Å². The van der Waals surface area contributed by atoms with Crippen molar-refractivity contribution in [3.05, 3.63) is 93.6 Å². The van der Waals surface area contributed by atoms with E-state index in [0.717, 1.165) is 22.0 Å². The number of aliphatic carboxylic acids is 1. The molecule has 6 nitrogen and oxygen atoms in total. The number of carbonyl (C=O) groups is 1. The summed E-state index contributed by atoms with van der Waals surface area (Å²) in [7, 11) is 1.55. The van der Waals surface area contributed by atoms with E-state index >= 15 is 0 Å². The van der Waals surface area contributed by atoms with Crippen molar-refractivity contribution in [2.45, 2.75) is 25.6 Å². The fourth-order valence-corrected chi connectivity index (χ4v) is 4.21. The summed E-state index contributed by atoms with van der Waals surface area (Å²) in [5, 5.41) is 15.0. The number of hydrogen-bond acceptors (Lipinski definition) is 4. The number of aromatic amines is 1.